The molecule has 2 aliphatic carbocycles. The standard InChI is InChI=1S/C19H30N4OS/c24-18(20-13-12-16-6-2-1-3-7-16)14-25-19-21-17(22-23-19)11-10-15-8-4-5-9-15/h6,15H,1-5,7-14H2,(H,20,24)(H,21,22,23). The van der Waals surface area contributed by atoms with Crippen molar-refractivity contribution in [2.75, 3.05) is 12.3 Å². The molecular formula is C19H30N4OS. The van der Waals surface area contributed by atoms with Crippen LogP contribution >= 0.6 is 11.8 Å². The molecular weight excluding hydrogens is 332 g/mol. The Morgan fingerprint density at radius 1 is 1.24 bits per heavy atom. The molecule has 2 N–H and O–H groups in total. The van der Waals surface area contributed by atoms with Crippen LogP contribution in [0.15, 0.2) is 16.8 Å². The Morgan fingerprint density at radius 2 is 2.12 bits per heavy atom. The number of aryl methyl sites for hydroxylation is 1. The van der Waals surface area contributed by atoms with Crippen LogP contribution in [0.1, 0.15) is 70.0 Å². The Bertz CT molecular complexity index is 578. The van der Waals surface area contributed by atoms with Gasteiger partial charge >= 0.3 is 0 Å². The highest BCUT2D eigenvalue weighted by molar-refractivity contribution is 7.99. The molecule has 5 nitrogen and oxygen atoms in total. The van der Waals surface area contributed by atoms with E-state index in [1.54, 1.807) is 0 Å². The lowest BCUT2D eigenvalue weighted by molar-refractivity contribution is -0.118. The van der Waals surface area contributed by atoms with Gasteiger partial charge in [-0.1, -0.05) is 49.1 Å². The van der Waals surface area contributed by atoms with E-state index in [2.05, 4.69) is 26.6 Å². The van der Waals surface area contributed by atoms with Gasteiger partial charge in [0, 0.05) is 13.0 Å². The lowest BCUT2D eigenvalue weighted by Crippen LogP contribution is -2.26. The molecule has 0 saturated heterocycles. The molecule has 3 rings (SSSR count). The lowest BCUT2D eigenvalue weighted by atomic mass is 9.97. The van der Waals surface area contributed by atoms with Gasteiger partial charge in [0.15, 0.2) is 0 Å². The van der Waals surface area contributed by atoms with E-state index in [1.165, 1.54) is 75.1 Å². The molecule has 0 radical (unpaired) electrons. The van der Waals surface area contributed by atoms with E-state index in [-0.39, 0.29) is 5.91 Å². The van der Waals surface area contributed by atoms with Crippen LogP contribution in [0.3, 0.4) is 0 Å². The van der Waals surface area contributed by atoms with Gasteiger partial charge in [-0.25, -0.2) is 4.98 Å². The molecule has 0 atom stereocenters. The number of nitrogens with one attached hydrogen (secondary N) is 2. The second-order valence-electron chi connectivity index (χ2n) is 7.25. The van der Waals surface area contributed by atoms with Crippen LogP contribution in [0, 0.1) is 5.92 Å². The molecule has 0 aliphatic heterocycles. The summed E-state index contributed by atoms with van der Waals surface area (Å²) < 4.78 is 0. The second kappa shape index (κ2) is 10.00. The number of aromatic nitrogens is 3. The summed E-state index contributed by atoms with van der Waals surface area (Å²) in [4.78, 5) is 16.5. The minimum atomic E-state index is 0.0683. The van der Waals surface area contributed by atoms with Crippen LogP contribution < -0.4 is 5.32 Å². The van der Waals surface area contributed by atoms with Crippen LogP contribution in [0.2, 0.25) is 0 Å². The number of carbonyl (C=O) groups excluding carboxylic acids is 1. The third kappa shape index (κ3) is 6.49. The summed E-state index contributed by atoms with van der Waals surface area (Å²) in [6.45, 7) is 0.742. The summed E-state index contributed by atoms with van der Waals surface area (Å²) in [5, 5.41) is 10.9. The van der Waals surface area contributed by atoms with E-state index in [9.17, 15) is 4.79 Å². The van der Waals surface area contributed by atoms with E-state index >= 15 is 0 Å². The number of allylic oxidation sites excluding steroid dienone is 1. The quantitative estimate of drug-likeness (QED) is 0.514. The lowest BCUT2D eigenvalue weighted by Gasteiger charge is -2.12. The topological polar surface area (TPSA) is 70.7 Å². The Hall–Kier alpha value is -1.30. The van der Waals surface area contributed by atoms with Crippen LogP contribution in [-0.4, -0.2) is 33.4 Å². The minimum Gasteiger partial charge on any atom is -0.355 e. The average Bonchev–Trinajstić information content (AvgIpc) is 3.31. The second-order valence-corrected chi connectivity index (χ2v) is 8.19. The van der Waals surface area contributed by atoms with E-state index in [4.69, 9.17) is 0 Å². The number of hydrogen-bond acceptors (Lipinski definition) is 4. The molecule has 1 fully saturated rings. The van der Waals surface area contributed by atoms with Gasteiger partial charge in [0.1, 0.15) is 5.82 Å². The highest BCUT2D eigenvalue weighted by Crippen LogP contribution is 2.28. The van der Waals surface area contributed by atoms with Crippen molar-refractivity contribution in [3.63, 3.8) is 0 Å². The summed E-state index contributed by atoms with van der Waals surface area (Å²) >= 11 is 1.41. The van der Waals surface area contributed by atoms with Crippen LogP contribution in [0.4, 0.5) is 0 Å². The zero-order valence-electron chi connectivity index (χ0n) is 15.1. The molecule has 25 heavy (non-hydrogen) atoms. The predicted octanol–water partition coefficient (Wildman–Crippen LogP) is 4.03. The Balaban J connectivity index is 1.29. The van der Waals surface area contributed by atoms with Crippen LogP contribution in [-0.2, 0) is 11.2 Å². The van der Waals surface area contributed by atoms with Gasteiger partial charge in [-0.15, -0.1) is 5.10 Å². The van der Waals surface area contributed by atoms with Crippen molar-refractivity contribution in [1.82, 2.24) is 20.5 Å². The number of H-pyrrole nitrogens is 1. The predicted molar refractivity (Wildman–Crippen MR) is 102 cm³/mol. The molecule has 1 heterocycles. The molecule has 2 aliphatic rings. The van der Waals surface area contributed by atoms with Crippen molar-refractivity contribution in [2.45, 2.75) is 75.8 Å². The zero-order valence-corrected chi connectivity index (χ0v) is 15.9. The van der Waals surface area contributed by atoms with Crippen LogP contribution in [0.5, 0.6) is 0 Å². The first-order valence-corrected chi connectivity index (χ1v) is 10.8. The van der Waals surface area contributed by atoms with Crippen LogP contribution in [0.25, 0.3) is 0 Å². The molecule has 0 bridgehead atoms. The van der Waals surface area contributed by atoms with Crippen molar-refractivity contribution < 1.29 is 4.79 Å². The van der Waals surface area contributed by atoms with Gasteiger partial charge < -0.3 is 5.32 Å². The molecule has 1 aromatic heterocycles. The molecule has 1 aromatic rings. The first kappa shape index (κ1) is 18.5. The highest BCUT2D eigenvalue weighted by atomic mass is 32.2. The Kier molecular flexibility index (Phi) is 7.39. The van der Waals surface area contributed by atoms with Crippen molar-refractivity contribution in [2.24, 2.45) is 5.92 Å². The summed E-state index contributed by atoms with van der Waals surface area (Å²) in [6.07, 6.45) is 16.0. The largest absolute Gasteiger partial charge is 0.355 e. The number of thioether (sulfide) groups is 1. The van der Waals surface area contributed by atoms with E-state index in [0.717, 1.165) is 31.1 Å². The summed E-state index contributed by atoms with van der Waals surface area (Å²) in [7, 11) is 0. The fourth-order valence-electron chi connectivity index (χ4n) is 3.77. The van der Waals surface area contributed by atoms with Crippen molar-refractivity contribution >= 4 is 17.7 Å². The smallest absolute Gasteiger partial charge is 0.230 e. The minimum absolute atomic E-state index is 0.0683. The molecule has 0 aromatic carbocycles. The molecule has 1 saturated carbocycles. The normalized spacial score (nSPS) is 18.3. The third-order valence-corrected chi connectivity index (χ3v) is 6.11. The van der Waals surface area contributed by atoms with Crippen molar-refractivity contribution in [3.8, 4) is 0 Å². The summed E-state index contributed by atoms with van der Waals surface area (Å²) in [5.74, 6) is 2.28. The molecule has 138 valence electrons. The maximum absolute atomic E-state index is 11.9. The summed E-state index contributed by atoms with van der Waals surface area (Å²) in [6, 6.07) is 0. The van der Waals surface area contributed by atoms with Gasteiger partial charge in [0.2, 0.25) is 11.1 Å². The van der Waals surface area contributed by atoms with E-state index < -0.39 is 0 Å². The van der Waals surface area contributed by atoms with Gasteiger partial charge in [-0.3, -0.25) is 9.89 Å². The number of rotatable bonds is 9. The maximum atomic E-state index is 11.9. The molecule has 6 heteroatoms. The molecule has 0 spiro atoms. The van der Waals surface area contributed by atoms with Gasteiger partial charge in [0.25, 0.3) is 0 Å². The van der Waals surface area contributed by atoms with Crippen molar-refractivity contribution in [1.29, 1.82) is 0 Å². The third-order valence-electron chi connectivity index (χ3n) is 5.26. The Morgan fingerprint density at radius 3 is 2.92 bits per heavy atom. The number of aromatic amines is 1. The van der Waals surface area contributed by atoms with Gasteiger partial charge in [0.05, 0.1) is 5.75 Å². The molecule has 1 amide bonds. The first-order valence-electron chi connectivity index (χ1n) is 9.78. The number of nitrogens with zero attached hydrogens (tertiary/aromatic N) is 2. The number of amides is 1. The highest BCUT2D eigenvalue weighted by Gasteiger charge is 2.16. The van der Waals surface area contributed by atoms with E-state index in [0.29, 0.717) is 10.9 Å². The monoisotopic (exact) mass is 362 g/mol. The average molecular weight is 363 g/mol. The summed E-state index contributed by atoms with van der Waals surface area (Å²) in [5.41, 5.74) is 1.50. The molecule has 0 unspecified atom stereocenters. The fourth-order valence-corrected chi connectivity index (χ4v) is 4.42. The maximum Gasteiger partial charge on any atom is 0.230 e. The van der Waals surface area contributed by atoms with Gasteiger partial charge in [-0.05, 0) is 44.4 Å². The number of carbonyl (C=O) groups is 1. The fraction of sp³-hybridized carbons (Fsp3) is 0.737. The first-order chi connectivity index (χ1) is 12.3. The van der Waals surface area contributed by atoms with Gasteiger partial charge in [-0.2, -0.15) is 0 Å². The van der Waals surface area contributed by atoms with Crippen molar-refractivity contribution in [3.05, 3.63) is 17.5 Å². The zero-order chi connectivity index (χ0) is 17.3. The number of hydrogen-bond donors (Lipinski definition) is 2. The van der Waals surface area contributed by atoms with E-state index in [1.807, 2.05) is 0 Å². The Labute approximate surface area is 154 Å². The SMILES string of the molecule is O=C(CSc1n[nH]c(CCC2CCCC2)n1)NCCC1=CCCCC1.